The molecule has 1 unspecified atom stereocenters. The lowest BCUT2D eigenvalue weighted by molar-refractivity contribution is -0.885. The molecule has 2 N–H and O–H groups in total. The summed E-state index contributed by atoms with van der Waals surface area (Å²) in [7, 11) is 1.89. The molecule has 0 saturated carbocycles. The number of rotatable bonds is 9. The molecule has 0 aliphatic carbocycles. The lowest BCUT2D eigenvalue weighted by atomic mass is 10.2. The number of nitrogens with zero attached hydrogens (tertiary/aromatic N) is 1. The molecule has 0 spiro atoms. The van der Waals surface area contributed by atoms with Crippen LogP contribution in [0.2, 0.25) is 0 Å². The summed E-state index contributed by atoms with van der Waals surface area (Å²) < 4.78 is 5.43. The van der Waals surface area contributed by atoms with E-state index in [4.69, 9.17) is 4.74 Å². The van der Waals surface area contributed by atoms with Gasteiger partial charge in [0.15, 0.2) is 6.54 Å². The largest absolute Gasteiger partial charge is 0.490 e. The third kappa shape index (κ3) is 5.71. The highest BCUT2D eigenvalue weighted by atomic mass is 16.6. The number of amides is 1. The molecule has 0 heterocycles. The third-order valence-corrected chi connectivity index (χ3v) is 3.63. The van der Waals surface area contributed by atoms with Gasteiger partial charge in [0.2, 0.25) is 0 Å². The molecule has 1 amide bonds. The molecule has 7 nitrogen and oxygen atoms in total. The predicted molar refractivity (Wildman–Crippen MR) is 99.3 cm³/mol. The number of quaternary nitrogens is 1. The van der Waals surface area contributed by atoms with Crippen LogP contribution in [0.1, 0.15) is 5.56 Å². The van der Waals surface area contributed by atoms with Gasteiger partial charge in [0.05, 0.1) is 12.0 Å². The Hall–Kier alpha value is -3.19. The minimum Gasteiger partial charge on any atom is -0.490 e. The number of hydrogen-bond acceptors (Lipinski definition) is 4. The first-order valence-corrected chi connectivity index (χ1v) is 8.17. The predicted octanol–water partition coefficient (Wildman–Crippen LogP) is 1.81. The molecule has 2 aromatic carbocycles. The zero-order valence-electron chi connectivity index (χ0n) is 14.6. The van der Waals surface area contributed by atoms with Crippen molar-refractivity contribution in [2.45, 2.75) is 6.54 Å². The van der Waals surface area contributed by atoms with E-state index in [9.17, 15) is 14.9 Å². The molecule has 0 aliphatic rings. The summed E-state index contributed by atoms with van der Waals surface area (Å²) in [6, 6.07) is 13.7. The van der Waals surface area contributed by atoms with Gasteiger partial charge in [0.1, 0.15) is 24.6 Å². The Morgan fingerprint density at radius 3 is 2.62 bits per heavy atom. The number of nitro groups is 1. The fraction of sp³-hybridized carbons (Fsp3) is 0.211. The summed E-state index contributed by atoms with van der Waals surface area (Å²) in [4.78, 5) is 23.6. The van der Waals surface area contributed by atoms with E-state index in [1.807, 2.05) is 31.3 Å². The number of para-hydroxylation sites is 2. The van der Waals surface area contributed by atoms with Crippen molar-refractivity contribution in [3.05, 3.63) is 76.9 Å². The average Bonchev–Trinajstić information content (AvgIpc) is 2.61. The summed E-state index contributed by atoms with van der Waals surface area (Å²) in [5.41, 5.74) is 1.15. The maximum atomic E-state index is 12.2. The van der Waals surface area contributed by atoms with Crippen molar-refractivity contribution in [2.24, 2.45) is 0 Å². The molecule has 0 aliphatic heterocycles. The fourth-order valence-electron chi connectivity index (χ4n) is 2.48. The van der Waals surface area contributed by atoms with E-state index in [0.29, 0.717) is 13.2 Å². The number of nitro benzene ring substituents is 1. The van der Waals surface area contributed by atoms with Gasteiger partial charge >= 0.3 is 0 Å². The van der Waals surface area contributed by atoms with E-state index in [1.165, 1.54) is 12.1 Å². The molecule has 0 bridgehead atoms. The van der Waals surface area contributed by atoms with Gasteiger partial charge in [-0.05, 0) is 30.3 Å². The van der Waals surface area contributed by atoms with Crippen LogP contribution in [0.25, 0.3) is 0 Å². The standard InChI is InChI=1S/C19H21N3O4/c1-3-12-26-16-10-8-15(9-11-16)13-21(2)14-19(23)20-17-6-4-5-7-18(17)22(24)25/h3-11H,1,12-14H2,2H3,(H,20,23)/p+1. The van der Waals surface area contributed by atoms with Gasteiger partial charge in [-0.25, -0.2) is 0 Å². The second-order valence-electron chi connectivity index (χ2n) is 5.88. The quantitative estimate of drug-likeness (QED) is 0.408. The van der Waals surface area contributed by atoms with Crippen LogP contribution in [0.15, 0.2) is 61.2 Å². The van der Waals surface area contributed by atoms with Gasteiger partial charge in [0, 0.05) is 11.6 Å². The van der Waals surface area contributed by atoms with Gasteiger partial charge in [-0.3, -0.25) is 14.9 Å². The van der Waals surface area contributed by atoms with Crippen molar-refractivity contribution in [3.8, 4) is 5.75 Å². The summed E-state index contributed by atoms with van der Waals surface area (Å²) in [6.45, 7) is 4.90. The van der Waals surface area contributed by atoms with Gasteiger partial charge in [0.25, 0.3) is 11.6 Å². The first-order valence-electron chi connectivity index (χ1n) is 8.17. The van der Waals surface area contributed by atoms with E-state index >= 15 is 0 Å². The lowest BCUT2D eigenvalue weighted by Crippen LogP contribution is -3.08. The van der Waals surface area contributed by atoms with Crippen molar-refractivity contribution in [2.75, 3.05) is 25.5 Å². The number of ether oxygens (including phenoxy) is 1. The number of nitrogens with one attached hydrogen (secondary N) is 2. The van der Waals surface area contributed by atoms with E-state index in [-0.39, 0.29) is 23.8 Å². The maximum absolute atomic E-state index is 12.2. The molecule has 136 valence electrons. The van der Waals surface area contributed by atoms with Crippen LogP contribution >= 0.6 is 0 Å². The summed E-state index contributed by atoms with van der Waals surface area (Å²) in [5.74, 6) is 0.489. The van der Waals surface area contributed by atoms with E-state index in [0.717, 1.165) is 16.2 Å². The molecule has 2 rings (SSSR count). The molecule has 0 fully saturated rings. The van der Waals surface area contributed by atoms with Crippen LogP contribution in [0, 0.1) is 10.1 Å². The molecule has 0 saturated heterocycles. The van der Waals surface area contributed by atoms with Gasteiger partial charge in [-0.2, -0.15) is 0 Å². The van der Waals surface area contributed by atoms with Gasteiger partial charge in [-0.1, -0.05) is 24.8 Å². The third-order valence-electron chi connectivity index (χ3n) is 3.63. The first kappa shape index (κ1) is 19.1. The molecule has 26 heavy (non-hydrogen) atoms. The molecule has 7 heteroatoms. The number of carbonyl (C=O) groups excluding carboxylic acids is 1. The Kier molecular flexibility index (Phi) is 6.87. The first-order chi connectivity index (χ1) is 12.5. The van der Waals surface area contributed by atoms with Crippen LogP contribution in [0.4, 0.5) is 11.4 Å². The Morgan fingerprint density at radius 1 is 1.27 bits per heavy atom. The zero-order chi connectivity index (χ0) is 18.9. The number of carbonyl (C=O) groups is 1. The highest BCUT2D eigenvalue weighted by Crippen LogP contribution is 2.22. The molecule has 1 atom stereocenters. The normalized spacial score (nSPS) is 11.4. The highest BCUT2D eigenvalue weighted by molar-refractivity contribution is 5.93. The summed E-state index contributed by atoms with van der Waals surface area (Å²) >= 11 is 0. The second-order valence-corrected chi connectivity index (χ2v) is 5.88. The summed E-state index contributed by atoms with van der Waals surface area (Å²) in [6.07, 6.45) is 1.68. The SMILES string of the molecule is C=CCOc1ccc(C[NH+](C)CC(=O)Nc2ccccc2[N+](=O)[O-])cc1. The Morgan fingerprint density at radius 2 is 1.96 bits per heavy atom. The minimum atomic E-state index is -0.512. The van der Waals surface area contributed by atoms with Gasteiger partial charge in [-0.15, -0.1) is 0 Å². The number of anilines is 1. The summed E-state index contributed by atoms with van der Waals surface area (Å²) in [5, 5.41) is 13.6. The van der Waals surface area contributed by atoms with Crippen molar-refractivity contribution in [1.29, 1.82) is 0 Å². The van der Waals surface area contributed by atoms with Crippen molar-refractivity contribution in [1.82, 2.24) is 0 Å². The monoisotopic (exact) mass is 356 g/mol. The molecule has 0 aromatic heterocycles. The molecular formula is C19H22N3O4+. The number of benzene rings is 2. The zero-order valence-corrected chi connectivity index (χ0v) is 14.6. The van der Waals surface area contributed by atoms with Crippen LogP contribution in [0.5, 0.6) is 5.75 Å². The minimum absolute atomic E-state index is 0.117. The van der Waals surface area contributed by atoms with Crippen LogP contribution in [0.3, 0.4) is 0 Å². The molecule has 0 radical (unpaired) electrons. The maximum Gasteiger partial charge on any atom is 0.292 e. The molecule has 2 aromatic rings. The topological polar surface area (TPSA) is 85.9 Å². The van der Waals surface area contributed by atoms with E-state index in [2.05, 4.69) is 11.9 Å². The van der Waals surface area contributed by atoms with Crippen LogP contribution in [-0.2, 0) is 11.3 Å². The Bertz CT molecular complexity index is 775. The molecular weight excluding hydrogens is 334 g/mol. The highest BCUT2D eigenvalue weighted by Gasteiger charge is 2.17. The van der Waals surface area contributed by atoms with Crippen molar-refractivity contribution >= 4 is 17.3 Å². The van der Waals surface area contributed by atoms with Gasteiger partial charge < -0.3 is 15.0 Å². The number of hydrogen-bond donors (Lipinski definition) is 2. The van der Waals surface area contributed by atoms with Crippen LogP contribution < -0.4 is 15.0 Å². The van der Waals surface area contributed by atoms with E-state index in [1.54, 1.807) is 18.2 Å². The smallest absolute Gasteiger partial charge is 0.292 e. The fourth-order valence-corrected chi connectivity index (χ4v) is 2.48. The number of likely N-dealkylation sites (N-methyl/N-ethyl adjacent to an activating group) is 1. The Balaban J connectivity index is 1.89. The van der Waals surface area contributed by atoms with Crippen LogP contribution in [-0.4, -0.2) is 31.0 Å². The Labute approximate surface area is 152 Å². The van der Waals surface area contributed by atoms with Crippen molar-refractivity contribution in [3.63, 3.8) is 0 Å². The van der Waals surface area contributed by atoms with E-state index < -0.39 is 4.92 Å². The second kappa shape index (κ2) is 9.33. The lowest BCUT2D eigenvalue weighted by Gasteiger charge is -2.14. The van der Waals surface area contributed by atoms with Crippen molar-refractivity contribution < 1.29 is 19.4 Å². The average molecular weight is 356 g/mol.